The summed E-state index contributed by atoms with van der Waals surface area (Å²) < 4.78 is 0. The van der Waals surface area contributed by atoms with E-state index in [0.29, 0.717) is 11.0 Å². The maximum Gasteiger partial charge on any atom is 0.230 e. The number of hydrogen-bond acceptors (Lipinski definition) is 5. The van der Waals surface area contributed by atoms with Crippen LogP contribution in [0.1, 0.15) is 48.2 Å². The number of aromatic nitrogens is 2. The number of amides is 1. The first-order valence-corrected chi connectivity index (χ1v) is 9.65. The molecule has 0 radical (unpaired) electrons. The van der Waals surface area contributed by atoms with Crippen molar-refractivity contribution in [3.63, 3.8) is 0 Å². The molecular weight excluding hydrogens is 332 g/mol. The summed E-state index contributed by atoms with van der Waals surface area (Å²) in [5, 5.41) is 3.59. The highest BCUT2D eigenvalue weighted by Crippen LogP contribution is 2.25. The topological polar surface area (TPSA) is 80.9 Å². The van der Waals surface area contributed by atoms with Crippen molar-refractivity contribution in [3.8, 4) is 0 Å². The van der Waals surface area contributed by atoms with Gasteiger partial charge in [0, 0.05) is 11.8 Å². The van der Waals surface area contributed by atoms with Crippen LogP contribution < -0.4 is 11.1 Å². The van der Waals surface area contributed by atoms with Gasteiger partial charge in [0.1, 0.15) is 5.82 Å². The van der Waals surface area contributed by atoms with Crippen LogP contribution in [0, 0.1) is 6.92 Å². The lowest BCUT2D eigenvalue weighted by atomic mass is 9.89. The predicted molar refractivity (Wildman–Crippen MR) is 102 cm³/mol. The normalized spacial score (nSPS) is 14.6. The molecule has 0 aliphatic heterocycles. The molecule has 0 bridgehead atoms. The Hall–Kier alpha value is -2.08. The fraction of sp³-hybridized carbons (Fsp3) is 0.421. The van der Waals surface area contributed by atoms with Crippen LogP contribution in [0.25, 0.3) is 0 Å². The van der Waals surface area contributed by atoms with Gasteiger partial charge in [-0.25, -0.2) is 9.97 Å². The summed E-state index contributed by atoms with van der Waals surface area (Å²) in [7, 11) is 0. The molecule has 5 nitrogen and oxygen atoms in total. The SMILES string of the molecule is Cc1cc(N)nc(SCC(=O)N[C@@H](C)c2ccc3c(c2)CCCC3)n1. The number of nitrogen functional groups attached to an aromatic ring is 1. The number of nitrogens with zero attached hydrogens (tertiary/aromatic N) is 2. The van der Waals surface area contributed by atoms with E-state index in [2.05, 4.69) is 33.5 Å². The van der Waals surface area contributed by atoms with Crippen molar-refractivity contribution in [3.05, 3.63) is 46.6 Å². The third-order valence-corrected chi connectivity index (χ3v) is 5.28. The third-order valence-electron chi connectivity index (χ3n) is 4.44. The van der Waals surface area contributed by atoms with Crippen LogP contribution in [0.4, 0.5) is 5.82 Å². The van der Waals surface area contributed by atoms with Crippen LogP contribution in [-0.2, 0) is 17.6 Å². The number of carbonyl (C=O) groups is 1. The molecule has 1 heterocycles. The van der Waals surface area contributed by atoms with E-state index in [-0.39, 0.29) is 17.7 Å². The Balaban J connectivity index is 1.57. The summed E-state index contributed by atoms with van der Waals surface area (Å²) >= 11 is 1.30. The number of carbonyl (C=O) groups excluding carboxylic acids is 1. The van der Waals surface area contributed by atoms with Gasteiger partial charge in [0.15, 0.2) is 5.16 Å². The molecule has 0 unspecified atom stereocenters. The second-order valence-corrected chi connectivity index (χ2v) is 7.47. The van der Waals surface area contributed by atoms with Crippen molar-refractivity contribution in [2.24, 2.45) is 0 Å². The van der Waals surface area contributed by atoms with Gasteiger partial charge in [-0.1, -0.05) is 30.0 Å². The number of nitrogens with one attached hydrogen (secondary N) is 1. The molecule has 1 aromatic heterocycles. The molecule has 3 rings (SSSR count). The van der Waals surface area contributed by atoms with E-state index in [1.807, 2.05) is 13.8 Å². The summed E-state index contributed by atoms with van der Waals surface area (Å²) in [5.41, 5.74) is 10.6. The zero-order valence-corrected chi connectivity index (χ0v) is 15.5. The molecule has 0 saturated carbocycles. The van der Waals surface area contributed by atoms with Gasteiger partial charge in [-0.2, -0.15) is 0 Å². The molecular formula is C19H24N4OS. The maximum absolute atomic E-state index is 12.2. The van der Waals surface area contributed by atoms with Crippen LogP contribution in [0.2, 0.25) is 0 Å². The van der Waals surface area contributed by atoms with Crippen LogP contribution >= 0.6 is 11.8 Å². The van der Waals surface area contributed by atoms with E-state index < -0.39 is 0 Å². The minimum Gasteiger partial charge on any atom is -0.384 e. The molecule has 6 heteroatoms. The van der Waals surface area contributed by atoms with Gasteiger partial charge < -0.3 is 11.1 Å². The van der Waals surface area contributed by atoms with Crippen LogP contribution in [0.3, 0.4) is 0 Å². The standard InChI is InChI=1S/C19H24N4OS/c1-12-9-17(20)23-19(21-12)25-11-18(24)22-13(2)15-8-7-14-5-3-4-6-16(14)10-15/h7-10,13H,3-6,11H2,1-2H3,(H,22,24)(H2,20,21,23)/t13-/m0/s1. The van der Waals surface area contributed by atoms with Crippen molar-refractivity contribution in [1.29, 1.82) is 0 Å². The molecule has 0 fully saturated rings. The first-order valence-electron chi connectivity index (χ1n) is 8.66. The number of benzene rings is 1. The Bertz CT molecular complexity index is 758. The average Bonchev–Trinajstić information content (AvgIpc) is 2.58. The van der Waals surface area contributed by atoms with Crippen LogP contribution in [0.5, 0.6) is 0 Å². The largest absolute Gasteiger partial charge is 0.384 e. The minimum absolute atomic E-state index is 0.0103. The average molecular weight is 356 g/mol. The molecule has 0 spiro atoms. The molecule has 1 aromatic carbocycles. The van der Waals surface area contributed by atoms with Gasteiger partial charge in [-0.15, -0.1) is 0 Å². The molecule has 2 aromatic rings. The predicted octanol–water partition coefficient (Wildman–Crippen LogP) is 3.22. The summed E-state index contributed by atoms with van der Waals surface area (Å²) in [4.78, 5) is 20.7. The van der Waals surface area contributed by atoms with Gasteiger partial charge in [0.05, 0.1) is 11.8 Å². The van der Waals surface area contributed by atoms with Gasteiger partial charge in [-0.3, -0.25) is 4.79 Å². The highest BCUT2D eigenvalue weighted by molar-refractivity contribution is 7.99. The van der Waals surface area contributed by atoms with Crippen molar-refractivity contribution in [1.82, 2.24) is 15.3 Å². The fourth-order valence-electron chi connectivity index (χ4n) is 3.15. The first kappa shape index (κ1) is 17.7. The van der Waals surface area contributed by atoms with Gasteiger partial charge in [0.2, 0.25) is 5.91 Å². The molecule has 1 atom stereocenters. The third kappa shape index (κ3) is 4.72. The zero-order valence-electron chi connectivity index (χ0n) is 14.7. The van der Waals surface area contributed by atoms with Gasteiger partial charge >= 0.3 is 0 Å². The second-order valence-electron chi connectivity index (χ2n) is 6.53. The molecule has 132 valence electrons. The Labute approximate surface area is 152 Å². The highest BCUT2D eigenvalue weighted by Gasteiger charge is 2.14. The summed E-state index contributed by atoms with van der Waals surface area (Å²) in [6, 6.07) is 8.29. The lowest BCUT2D eigenvalue weighted by Crippen LogP contribution is -2.28. The minimum atomic E-state index is -0.0288. The number of anilines is 1. The number of thioether (sulfide) groups is 1. The number of nitrogens with two attached hydrogens (primary N) is 1. The lowest BCUT2D eigenvalue weighted by Gasteiger charge is -2.20. The Morgan fingerprint density at radius 1 is 1.24 bits per heavy atom. The van der Waals surface area contributed by atoms with E-state index in [4.69, 9.17) is 5.73 Å². The summed E-state index contributed by atoms with van der Waals surface area (Å²) in [6.07, 6.45) is 4.85. The number of rotatable bonds is 5. The lowest BCUT2D eigenvalue weighted by molar-refractivity contribution is -0.119. The zero-order chi connectivity index (χ0) is 17.8. The quantitative estimate of drug-likeness (QED) is 0.635. The van der Waals surface area contributed by atoms with E-state index in [1.54, 1.807) is 6.07 Å². The van der Waals surface area contributed by atoms with E-state index in [1.165, 1.54) is 42.2 Å². The molecule has 25 heavy (non-hydrogen) atoms. The fourth-order valence-corrected chi connectivity index (χ4v) is 3.87. The van der Waals surface area contributed by atoms with Crippen molar-refractivity contribution in [2.45, 2.75) is 50.7 Å². The van der Waals surface area contributed by atoms with E-state index in [0.717, 1.165) is 17.7 Å². The van der Waals surface area contributed by atoms with Crippen molar-refractivity contribution < 1.29 is 4.79 Å². The highest BCUT2D eigenvalue weighted by atomic mass is 32.2. The molecule has 0 saturated heterocycles. The monoisotopic (exact) mass is 356 g/mol. The Kier molecular flexibility index (Phi) is 5.58. The number of aryl methyl sites for hydroxylation is 3. The van der Waals surface area contributed by atoms with E-state index >= 15 is 0 Å². The van der Waals surface area contributed by atoms with E-state index in [9.17, 15) is 4.79 Å². The van der Waals surface area contributed by atoms with Crippen LogP contribution in [-0.4, -0.2) is 21.6 Å². The molecule has 1 aliphatic carbocycles. The Morgan fingerprint density at radius 3 is 2.76 bits per heavy atom. The molecule has 1 aliphatic rings. The van der Waals surface area contributed by atoms with Gasteiger partial charge in [0.25, 0.3) is 0 Å². The molecule has 3 N–H and O–H groups in total. The molecule has 1 amide bonds. The van der Waals surface area contributed by atoms with Gasteiger partial charge in [-0.05, 0) is 56.2 Å². The second kappa shape index (κ2) is 7.87. The number of fused-ring (bicyclic) bond motifs is 1. The van der Waals surface area contributed by atoms with Crippen LogP contribution in [0.15, 0.2) is 29.4 Å². The Morgan fingerprint density at radius 2 is 2.00 bits per heavy atom. The van der Waals surface area contributed by atoms with Crippen molar-refractivity contribution in [2.75, 3.05) is 11.5 Å². The summed E-state index contributed by atoms with van der Waals surface area (Å²) in [6.45, 7) is 3.88. The number of hydrogen-bond donors (Lipinski definition) is 2. The van der Waals surface area contributed by atoms with Crippen molar-refractivity contribution >= 4 is 23.5 Å². The maximum atomic E-state index is 12.2. The first-order chi connectivity index (χ1) is 12.0. The summed E-state index contributed by atoms with van der Waals surface area (Å²) in [5.74, 6) is 0.676. The smallest absolute Gasteiger partial charge is 0.230 e.